The zero-order valence-corrected chi connectivity index (χ0v) is 9.67. The van der Waals surface area contributed by atoms with Gasteiger partial charge >= 0.3 is 5.97 Å². The summed E-state index contributed by atoms with van der Waals surface area (Å²) in [6.45, 7) is 2.56. The second kappa shape index (κ2) is 6.22. The van der Waals surface area contributed by atoms with Crippen molar-refractivity contribution in [3.63, 3.8) is 0 Å². The van der Waals surface area contributed by atoms with Gasteiger partial charge in [-0.3, -0.25) is 4.79 Å². The average molecular weight is 239 g/mol. The number of aliphatic hydroxyl groups excluding tert-OH is 1. The number of carbonyl (C=O) groups is 1. The summed E-state index contributed by atoms with van der Waals surface area (Å²) in [6.07, 6.45) is -0.362. The van der Waals surface area contributed by atoms with E-state index in [1.165, 1.54) is 0 Å². The number of hydrogen-bond acceptors (Lipinski definition) is 4. The van der Waals surface area contributed by atoms with Gasteiger partial charge in [0.05, 0.1) is 6.61 Å². The van der Waals surface area contributed by atoms with Crippen LogP contribution in [-0.4, -0.2) is 28.8 Å². The summed E-state index contributed by atoms with van der Waals surface area (Å²) in [4.78, 5) is 10.7. The van der Waals surface area contributed by atoms with Gasteiger partial charge in [0.1, 0.15) is 17.9 Å². The lowest BCUT2D eigenvalue weighted by atomic mass is 10.0. The van der Waals surface area contributed by atoms with Crippen molar-refractivity contribution >= 4 is 5.97 Å². The smallest absolute Gasteiger partial charge is 0.323 e. The Morgan fingerprint density at radius 3 is 2.82 bits per heavy atom. The fourth-order valence-electron chi connectivity index (χ4n) is 1.35. The van der Waals surface area contributed by atoms with Crippen molar-refractivity contribution in [1.29, 1.82) is 0 Å². The van der Waals surface area contributed by atoms with Crippen molar-refractivity contribution in [2.45, 2.75) is 25.5 Å². The minimum atomic E-state index is -1.34. The summed E-state index contributed by atoms with van der Waals surface area (Å²) in [5.41, 5.74) is 5.79. The second-order valence-corrected chi connectivity index (χ2v) is 3.73. The lowest BCUT2D eigenvalue weighted by Gasteiger charge is -2.16. The third-order valence-corrected chi connectivity index (χ3v) is 2.30. The van der Waals surface area contributed by atoms with E-state index in [-0.39, 0.29) is 0 Å². The van der Waals surface area contributed by atoms with Crippen LogP contribution in [-0.2, 0) is 4.79 Å². The fourth-order valence-corrected chi connectivity index (χ4v) is 1.35. The van der Waals surface area contributed by atoms with Gasteiger partial charge < -0.3 is 20.7 Å². The van der Waals surface area contributed by atoms with Crippen molar-refractivity contribution in [2.24, 2.45) is 5.73 Å². The van der Waals surface area contributed by atoms with Crippen LogP contribution in [0.1, 0.15) is 25.0 Å². The zero-order valence-electron chi connectivity index (χ0n) is 9.67. The molecular formula is C12H17NO4. The van der Waals surface area contributed by atoms with Crippen LogP contribution in [0.25, 0.3) is 0 Å². The standard InChI is InChI=1S/C12H17NO4/c1-2-6-17-9-5-3-4-8(7-9)11(14)10(13)12(15)16/h3-5,7,10-11,14H,2,6,13H2,1H3,(H,15,16). The van der Waals surface area contributed by atoms with Gasteiger partial charge in [0.15, 0.2) is 0 Å². The summed E-state index contributed by atoms with van der Waals surface area (Å²) in [6, 6.07) is 5.32. The largest absolute Gasteiger partial charge is 0.494 e. The third-order valence-electron chi connectivity index (χ3n) is 2.30. The molecule has 0 heterocycles. The van der Waals surface area contributed by atoms with E-state index in [9.17, 15) is 9.90 Å². The van der Waals surface area contributed by atoms with Gasteiger partial charge in [-0.1, -0.05) is 19.1 Å². The summed E-state index contributed by atoms with van der Waals surface area (Å²) in [5, 5.41) is 18.5. The van der Waals surface area contributed by atoms with Crippen LogP contribution in [0.15, 0.2) is 24.3 Å². The quantitative estimate of drug-likeness (QED) is 0.686. The summed E-state index contributed by atoms with van der Waals surface area (Å²) >= 11 is 0. The number of aliphatic carboxylic acids is 1. The molecule has 0 aliphatic heterocycles. The molecule has 5 heteroatoms. The molecule has 1 aromatic rings. The first-order chi connectivity index (χ1) is 8.06. The van der Waals surface area contributed by atoms with E-state index in [0.717, 1.165) is 6.42 Å². The van der Waals surface area contributed by atoms with Crippen LogP contribution in [0, 0.1) is 0 Å². The van der Waals surface area contributed by atoms with E-state index in [2.05, 4.69) is 0 Å². The lowest BCUT2D eigenvalue weighted by Crippen LogP contribution is -2.36. The van der Waals surface area contributed by atoms with Crippen LogP contribution in [0.2, 0.25) is 0 Å². The number of ether oxygens (including phenoxy) is 1. The molecule has 17 heavy (non-hydrogen) atoms. The Hall–Kier alpha value is -1.59. The van der Waals surface area contributed by atoms with Crippen molar-refractivity contribution in [3.8, 4) is 5.75 Å². The Balaban J connectivity index is 2.80. The highest BCUT2D eigenvalue weighted by Crippen LogP contribution is 2.21. The molecule has 2 atom stereocenters. The van der Waals surface area contributed by atoms with Gasteiger partial charge in [-0.25, -0.2) is 0 Å². The van der Waals surface area contributed by atoms with Crippen LogP contribution >= 0.6 is 0 Å². The van der Waals surface area contributed by atoms with Crippen LogP contribution in [0.4, 0.5) is 0 Å². The van der Waals surface area contributed by atoms with Crippen LogP contribution in [0.5, 0.6) is 5.75 Å². The van der Waals surface area contributed by atoms with Gasteiger partial charge in [0.25, 0.3) is 0 Å². The summed E-state index contributed by atoms with van der Waals surface area (Å²) in [7, 11) is 0. The Bertz CT molecular complexity index is 381. The first-order valence-electron chi connectivity index (χ1n) is 5.45. The van der Waals surface area contributed by atoms with Crippen LogP contribution < -0.4 is 10.5 Å². The van der Waals surface area contributed by atoms with Crippen LogP contribution in [0.3, 0.4) is 0 Å². The van der Waals surface area contributed by atoms with Crippen molar-refractivity contribution in [3.05, 3.63) is 29.8 Å². The maximum Gasteiger partial charge on any atom is 0.323 e. The van der Waals surface area contributed by atoms with Gasteiger partial charge in [-0.15, -0.1) is 0 Å². The number of hydrogen-bond donors (Lipinski definition) is 3. The number of rotatable bonds is 6. The lowest BCUT2D eigenvalue weighted by molar-refractivity contribution is -0.141. The minimum absolute atomic E-state index is 0.438. The number of carboxylic acids is 1. The molecule has 0 spiro atoms. The van der Waals surface area contributed by atoms with E-state index in [1.54, 1.807) is 24.3 Å². The van der Waals surface area contributed by atoms with E-state index in [4.69, 9.17) is 15.6 Å². The van der Waals surface area contributed by atoms with Gasteiger partial charge in [0.2, 0.25) is 0 Å². The SMILES string of the molecule is CCCOc1cccc(C(O)C(N)C(=O)O)c1. The number of carboxylic acid groups (broad SMARTS) is 1. The molecule has 0 aliphatic carbocycles. The molecule has 0 aromatic heterocycles. The molecule has 0 amide bonds. The highest BCUT2D eigenvalue weighted by molar-refractivity contribution is 5.74. The molecular weight excluding hydrogens is 222 g/mol. The molecule has 1 rings (SSSR count). The topological polar surface area (TPSA) is 92.8 Å². The normalized spacial score (nSPS) is 14.1. The molecule has 0 bridgehead atoms. The van der Waals surface area contributed by atoms with Gasteiger partial charge in [0, 0.05) is 0 Å². The minimum Gasteiger partial charge on any atom is -0.494 e. The van der Waals surface area contributed by atoms with E-state index < -0.39 is 18.1 Å². The second-order valence-electron chi connectivity index (χ2n) is 3.73. The van der Waals surface area contributed by atoms with Crippen molar-refractivity contribution in [1.82, 2.24) is 0 Å². The van der Waals surface area contributed by atoms with Gasteiger partial charge in [-0.05, 0) is 24.1 Å². The Kier molecular flexibility index (Phi) is 4.93. The monoisotopic (exact) mass is 239 g/mol. The first-order valence-corrected chi connectivity index (χ1v) is 5.45. The predicted octanol–water partition coefficient (Wildman–Crippen LogP) is 0.921. The molecule has 0 radical (unpaired) electrons. The molecule has 5 nitrogen and oxygen atoms in total. The zero-order chi connectivity index (χ0) is 12.8. The number of nitrogens with two attached hydrogens (primary N) is 1. The molecule has 1 aromatic carbocycles. The number of benzene rings is 1. The molecule has 94 valence electrons. The van der Waals surface area contributed by atoms with E-state index in [1.807, 2.05) is 6.92 Å². The Morgan fingerprint density at radius 2 is 2.24 bits per heavy atom. The third kappa shape index (κ3) is 3.72. The molecule has 0 aliphatic rings. The highest BCUT2D eigenvalue weighted by Gasteiger charge is 2.23. The maximum atomic E-state index is 10.7. The van der Waals surface area contributed by atoms with E-state index >= 15 is 0 Å². The Labute approximate surface area is 99.8 Å². The number of aliphatic hydroxyl groups is 1. The molecule has 2 unspecified atom stereocenters. The summed E-state index contributed by atoms with van der Waals surface area (Å²) in [5.74, 6) is -0.640. The molecule has 0 fully saturated rings. The van der Waals surface area contributed by atoms with Crippen molar-refractivity contribution in [2.75, 3.05) is 6.61 Å². The predicted molar refractivity (Wildman–Crippen MR) is 62.8 cm³/mol. The molecule has 4 N–H and O–H groups in total. The first kappa shape index (κ1) is 13.5. The summed E-state index contributed by atoms with van der Waals surface area (Å²) < 4.78 is 5.39. The van der Waals surface area contributed by atoms with E-state index in [0.29, 0.717) is 17.9 Å². The Morgan fingerprint density at radius 1 is 1.53 bits per heavy atom. The molecule has 0 saturated carbocycles. The fraction of sp³-hybridized carbons (Fsp3) is 0.417. The van der Waals surface area contributed by atoms with Crippen molar-refractivity contribution < 1.29 is 19.7 Å². The average Bonchev–Trinajstić information content (AvgIpc) is 2.34. The molecule has 0 saturated heterocycles. The highest BCUT2D eigenvalue weighted by atomic mass is 16.5. The van der Waals surface area contributed by atoms with Gasteiger partial charge in [-0.2, -0.15) is 0 Å². The maximum absolute atomic E-state index is 10.7.